The first-order valence-corrected chi connectivity index (χ1v) is 6.57. The molecule has 1 aromatic heterocycles. The summed E-state index contributed by atoms with van der Waals surface area (Å²) in [5.41, 5.74) is 8.66. The van der Waals surface area contributed by atoms with Gasteiger partial charge in [0.05, 0.1) is 11.7 Å². The number of hydrogen-bond acceptors (Lipinski definition) is 4. The highest BCUT2D eigenvalue weighted by Crippen LogP contribution is 2.11. The monoisotopic (exact) mass is 273 g/mol. The lowest BCUT2D eigenvalue weighted by Gasteiger charge is -2.12. The van der Waals surface area contributed by atoms with Crippen LogP contribution in [0.25, 0.3) is 0 Å². The fraction of sp³-hybridized carbons (Fsp3) is 0.333. The molecule has 2 rings (SSSR count). The third-order valence-electron chi connectivity index (χ3n) is 3.26. The van der Waals surface area contributed by atoms with Crippen LogP contribution in [0.2, 0.25) is 0 Å². The lowest BCUT2D eigenvalue weighted by molar-refractivity contribution is -0.122. The minimum absolute atomic E-state index is 0.172. The molecular weight excluding hydrogens is 254 g/mol. The van der Waals surface area contributed by atoms with E-state index in [1.165, 1.54) is 0 Å². The summed E-state index contributed by atoms with van der Waals surface area (Å²) in [6, 6.07) is 9.17. The zero-order chi connectivity index (χ0) is 14.5. The molecule has 0 bridgehead atoms. The van der Waals surface area contributed by atoms with E-state index in [4.69, 9.17) is 10.3 Å². The molecule has 1 aromatic carbocycles. The maximum atomic E-state index is 12.0. The van der Waals surface area contributed by atoms with E-state index < -0.39 is 6.04 Å². The third kappa shape index (κ3) is 3.45. The highest BCUT2D eigenvalue weighted by Gasteiger charge is 2.15. The average Bonchev–Trinajstić information content (AvgIpc) is 2.76. The maximum absolute atomic E-state index is 12.0. The maximum Gasteiger partial charge on any atom is 0.237 e. The molecule has 0 unspecified atom stereocenters. The quantitative estimate of drug-likeness (QED) is 0.864. The van der Waals surface area contributed by atoms with Gasteiger partial charge in [-0.2, -0.15) is 0 Å². The molecule has 0 spiro atoms. The second kappa shape index (κ2) is 6.34. The zero-order valence-electron chi connectivity index (χ0n) is 11.7. The summed E-state index contributed by atoms with van der Waals surface area (Å²) in [5, 5.41) is 6.67. The van der Waals surface area contributed by atoms with Crippen LogP contribution in [-0.4, -0.2) is 17.1 Å². The lowest BCUT2D eigenvalue weighted by atomic mass is 10.1. The van der Waals surface area contributed by atoms with E-state index in [9.17, 15) is 4.79 Å². The van der Waals surface area contributed by atoms with Crippen LogP contribution in [0.5, 0.6) is 0 Å². The molecule has 1 atom stereocenters. The van der Waals surface area contributed by atoms with Gasteiger partial charge in [-0.15, -0.1) is 0 Å². The van der Waals surface area contributed by atoms with Crippen molar-refractivity contribution in [1.29, 1.82) is 0 Å². The van der Waals surface area contributed by atoms with Gasteiger partial charge in [0, 0.05) is 12.1 Å². The molecule has 0 saturated carbocycles. The normalized spacial score (nSPS) is 12.2. The Morgan fingerprint density at radius 3 is 2.65 bits per heavy atom. The van der Waals surface area contributed by atoms with Crippen molar-refractivity contribution < 1.29 is 9.32 Å². The Morgan fingerprint density at radius 2 is 2.05 bits per heavy atom. The van der Waals surface area contributed by atoms with Gasteiger partial charge in [0.25, 0.3) is 0 Å². The molecule has 5 heteroatoms. The highest BCUT2D eigenvalue weighted by atomic mass is 16.5. The minimum Gasteiger partial charge on any atom is -0.361 e. The van der Waals surface area contributed by atoms with Crippen molar-refractivity contribution in [2.24, 2.45) is 5.73 Å². The summed E-state index contributed by atoms with van der Waals surface area (Å²) in [6.07, 6.45) is 0.522. The Morgan fingerprint density at radius 1 is 1.35 bits per heavy atom. The van der Waals surface area contributed by atoms with E-state index in [-0.39, 0.29) is 5.91 Å². The van der Waals surface area contributed by atoms with Gasteiger partial charge < -0.3 is 15.6 Å². The Hall–Kier alpha value is -2.14. The summed E-state index contributed by atoms with van der Waals surface area (Å²) in [5.74, 6) is 0.549. The molecular formula is C15H19N3O2. The number of nitrogens with two attached hydrogens (primary N) is 1. The zero-order valence-corrected chi connectivity index (χ0v) is 11.7. The van der Waals surface area contributed by atoms with Crippen molar-refractivity contribution in [3.63, 3.8) is 0 Å². The SMILES string of the molecule is Cc1noc(C)c1CNC(=O)[C@@H](N)Cc1ccccc1. The summed E-state index contributed by atoms with van der Waals surface area (Å²) in [4.78, 5) is 12.0. The van der Waals surface area contributed by atoms with E-state index in [2.05, 4.69) is 10.5 Å². The number of hydrogen-bond donors (Lipinski definition) is 2. The Kier molecular flexibility index (Phi) is 4.53. The molecule has 0 fully saturated rings. The number of carbonyl (C=O) groups is 1. The van der Waals surface area contributed by atoms with Crippen LogP contribution < -0.4 is 11.1 Å². The predicted molar refractivity (Wildman–Crippen MR) is 75.9 cm³/mol. The first-order chi connectivity index (χ1) is 9.58. The summed E-state index contributed by atoms with van der Waals surface area (Å²) >= 11 is 0. The van der Waals surface area contributed by atoms with E-state index >= 15 is 0 Å². The van der Waals surface area contributed by atoms with Crippen LogP contribution in [0.15, 0.2) is 34.9 Å². The number of aryl methyl sites for hydroxylation is 2. The number of benzene rings is 1. The lowest BCUT2D eigenvalue weighted by Crippen LogP contribution is -2.41. The fourth-order valence-corrected chi connectivity index (χ4v) is 2.02. The molecule has 1 heterocycles. The number of nitrogens with zero attached hydrogens (tertiary/aromatic N) is 1. The van der Waals surface area contributed by atoms with Crippen LogP contribution in [0.4, 0.5) is 0 Å². The smallest absolute Gasteiger partial charge is 0.237 e. The average molecular weight is 273 g/mol. The van der Waals surface area contributed by atoms with Crippen LogP contribution in [0, 0.1) is 13.8 Å². The van der Waals surface area contributed by atoms with Gasteiger partial charge in [-0.1, -0.05) is 35.5 Å². The Balaban J connectivity index is 1.89. The number of aromatic nitrogens is 1. The van der Waals surface area contributed by atoms with Gasteiger partial charge in [0.1, 0.15) is 5.76 Å². The first kappa shape index (κ1) is 14.3. The van der Waals surface area contributed by atoms with Gasteiger partial charge in [0.15, 0.2) is 0 Å². The molecule has 0 aliphatic rings. The van der Waals surface area contributed by atoms with Gasteiger partial charge in [-0.3, -0.25) is 4.79 Å². The standard InChI is InChI=1S/C15H19N3O2/c1-10-13(11(2)20-18-10)9-17-15(19)14(16)8-12-6-4-3-5-7-12/h3-7,14H,8-9,16H2,1-2H3,(H,17,19)/t14-/m0/s1. The number of rotatable bonds is 5. The van der Waals surface area contributed by atoms with Gasteiger partial charge >= 0.3 is 0 Å². The molecule has 0 radical (unpaired) electrons. The van der Waals surface area contributed by atoms with Crippen molar-refractivity contribution in [3.05, 3.63) is 52.9 Å². The van der Waals surface area contributed by atoms with Crippen molar-refractivity contribution >= 4 is 5.91 Å². The van der Waals surface area contributed by atoms with Crippen molar-refractivity contribution in [2.75, 3.05) is 0 Å². The number of nitrogens with one attached hydrogen (secondary N) is 1. The molecule has 0 aliphatic carbocycles. The summed E-state index contributed by atoms with van der Waals surface area (Å²) < 4.78 is 5.05. The molecule has 106 valence electrons. The highest BCUT2D eigenvalue weighted by molar-refractivity contribution is 5.81. The molecule has 1 amide bonds. The molecule has 0 aliphatic heterocycles. The molecule has 2 aromatic rings. The minimum atomic E-state index is -0.558. The van der Waals surface area contributed by atoms with Crippen molar-refractivity contribution in [2.45, 2.75) is 32.9 Å². The molecule has 20 heavy (non-hydrogen) atoms. The number of amides is 1. The van der Waals surface area contributed by atoms with Gasteiger partial charge in [-0.25, -0.2) is 0 Å². The van der Waals surface area contributed by atoms with Crippen LogP contribution in [0.3, 0.4) is 0 Å². The topological polar surface area (TPSA) is 81.2 Å². The van der Waals surface area contributed by atoms with Crippen LogP contribution in [-0.2, 0) is 17.8 Å². The largest absolute Gasteiger partial charge is 0.361 e. The second-order valence-electron chi connectivity index (χ2n) is 4.82. The number of carbonyl (C=O) groups excluding carboxylic acids is 1. The summed E-state index contributed by atoms with van der Waals surface area (Å²) in [6.45, 7) is 4.07. The molecule has 3 N–H and O–H groups in total. The predicted octanol–water partition coefficient (Wildman–Crippen LogP) is 1.48. The first-order valence-electron chi connectivity index (χ1n) is 6.57. The van der Waals surface area contributed by atoms with Gasteiger partial charge in [0.2, 0.25) is 5.91 Å². The van der Waals surface area contributed by atoms with Crippen LogP contribution >= 0.6 is 0 Å². The van der Waals surface area contributed by atoms with E-state index in [1.54, 1.807) is 0 Å². The van der Waals surface area contributed by atoms with Crippen LogP contribution in [0.1, 0.15) is 22.6 Å². The molecule has 0 saturated heterocycles. The van der Waals surface area contributed by atoms with E-state index in [1.807, 2.05) is 44.2 Å². The second-order valence-corrected chi connectivity index (χ2v) is 4.82. The van der Waals surface area contributed by atoms with Crippen molar-refractivity contribution in [1.82, 2.24) is 10.5 Å². The van der Waals surface area contributed by atoms with E-state index in [0.717, 1.165) is 22.6 Å². The van der Waals surface area contributed by atoms with Crippen molar-refractivity contribution in [3.8, 4) is 0 Å². The Labute approximate surface area is 118 Å². The molecule has 5 nitrogen and oxygen atoms in total. The third-order valence-corrected chi connectivity index (χ3v) is 3.26. The summed E-state index contributed by atoms with van der Waals surface area (Å²) in [7, 11) is 0. The Bertz CT molecular complexity index is 559. The van der Waals surface area contributed by atoms with Gasteiger partial charge in [-0.05, 0) is 25.8 Å². The fourth-order valence-electron chi connectivity index (χ4n) is 2.02. The van der Waals surface area contributed by atoms with E-state index in [0.29, 0.717) is 13.0 Å².